The van der Waals surface area contributed by atoms with E-state index in [4.69, 9.17) is 4.74 Å². The number of urea groups is 1. The molecular weight excluding hydrogens is 422 g/mol. The number of ether oxygens (including phenoxy) is 1. The van der Waals surface area contributed by atoms with Crippen molar-refractivity contribution < 1.29 is 18.3 Å². The molecule has 0 aliphatic carbocycles. The molecule has 6 heteroatoms. The number of carbonyl (C=O) groups excluding carboxylic acids is 1. The Morgan fingerprint density at radius 1 is 0.909 bits per heavy atom. The van der Waals surface area contributed by atoms with E-state index in [1.165, 1.54) is 24.3 Å². The number of halogens is 2. The van der Waals surface area contributed by atoms with Gasteiger partial charge in [0.05, 0.1) is 7.11 Å². The van der Waals surface area contributed by atoms with Gasteiger partial charge in [0.1, 0.15) is 17.4 Å². The van der Waals surface area contributed by atoms with Crippen LogP contribution in [0.25, 0.3) is 0 Å². The van der Waals surface area contributed by atoms with E-state index in [0.29, 0.717) is 19.6 Å². The van der Waals surface area contributed by atoms with Crippen LogP contribution >= 0.6 is 0 Å². The number of carbonyl (C=O) groups is 1. The number of nitrogens with one attached hydrogen (secondary N) is 1. The Hall–Kier alpha value is -3.41. The number of amides is 2. The normalized spacial score (nSPS) is 14.4. The predicted molar refractivity (Wildman–Crippen MR) is 124 cm³/mol. The highest BCUT2D eigenvalue weighted by Gasteiger charge is 2.30. The van der Waals surface area contributed by atoms with Gasteiger partial charge in [0.2, 0.25) is 0 Å². The zero-order valence-electron chi connectivity index (χ0n) is 18.6. The van der Waals surface area contributed by atoms with E-state index in [-0.39, 0.29) is 29.5 Å². The Bertz CT molecular complexity index is 999. The van der Waals surface area contributed by atoms with Gasteiger partial charge in [-0.15, -0.1) is 0 Å². The van der Waals surface area contributed by atoms with Crippen molar-refractivity contribution >= 4 is 6.03 Å². The van der Waals surface area contributed by atoms with Gasteiger partial charge in [-0.2, -0.15) is 0 Å². The van der Waals surface area contributed by atoms with Gasteiger partial charge in [-0.3, -0.25) is 0 Å². The Morgan fingerprint density at radius 2 is 1.42 bits per heavy atom. The van der Waals surface area contributed by atoms with Crippen molar-refractivity contribution in [2.75, 3.05) is 20.2 Å². The topological polar surface area (TPSA) is 41.6 Å². The molecule has 1 fully saturated rings. The van der Waals surface area contributed by atoms with Gasteiger partial charge in [0.15, 0.2) is 0 Å². The van der Waals surface area contributed by atoms with E-state index < -0.39 is 0 Å². The van der Waals surface area contributed by atoms with Crippen LogP contribution < -0.4 is 10.1 Å². The average Bonchev–Trinajstić information content (AvgIpc) is 2.86. The molecule has 1 aliphatic heterocycles. The van der Waals surface area contributed by atoms with Crippen molar-refractivity contribution in [3.05, 3.63) is 101 Å². The molecule has 1 saturated heterocycles. The SMILES string of the molecule is COc1ccc(CNC(=O)N2CCC(C(c3ccc(F)cc3)c3ccc(F)cc3)CC2)cc1. The van der Waals surface area contributed by atoms with Gasteiger partial charge in [0, 0.05) is 25.6 Å². The Kier molecular flexibility index (Phi) is 7.23. The van der Waals surface area contributed by atoms with E-state index in [9.17, 15) is 13.6 Å². The largest absolute Gasteiger partial charge is 0.497 e. The van der Waals surface area contributed by atoms with Gasteiger partial charge in [0.25, 0.3) is 0 Å². The molecule has 0 saturated carbocycles. The summed E-state index contributed by atoms with van der Waals surface area (Å²) >= 11 is 0. The summed E-state index contributed by atoms with van der Waals surface area (Å²) in [5.74, 6) is 0.520. The minimum atomic E-state index is -0.278. The molecule has 0 atom stereocenters. The van der Waals surface area contributed by atoms with Crippen LogP contribution in [0.4, 0.5) is 13.6 Å². The first kappa shape index (κ1) is 22.8. The van der Waals surface area contributed by atoms with Crippen molar-refractivity contribution in [3.63, 3.8) is 0 Å². The second-order valence-electron chi connectivity index (χ2n) is 8.41. The molecule has 0 unspecified atom stereocenters. The van der Waals surface area contributed by atoms with Crippen LogP contribution in [0.1, 0.15) is 35.4 Å². The number of likely N-dealkylation sites (tertiary alicyclic amines) is 1. The molecule has 172 valence electrons. The molecule has 4 rings (SSSR count). The van der Waals surface area contributed by atoms with Crippen LogP contribution in [0.2, 0.25) is 0 Å². The minimum absolute atomic E-state index is 0.0238. The molecule has 0 aromatic heterocycles. The molecule has 1 aliphatic rings. The number of methoxy groups -OCH3 is 1. The first-order chi connectivity index (χ1) is 16.0. The molecule has 33 heavy (non-hydrogen) atoms. The maximum atomic E-state index is 13.5. The molecule has 2 amide bonds. The highest BCUT2D eigenvalue weighted by molar-refractivity contribution is 5.74. The molecule has 4 nitrogen and oxygen atoms in total. The van der Waals surface area contributed by atoms with Crippen molar-refractivity contribution in [1.82, 2.24) is 10.2 Å². The average molecular weight is 451 g/mol. The standard InChI is InChI=1S/C27H28F2N2O2/c1-33-25-12-2-19(3-13-25)18-30-27(32)31-16-14-22(15-17-31)26(20-4-8-23(28)9-5-20)21-6-10-24(29)11-7-21/h2-13,22,26H,14-18H2,1H3,(H,30,32). The first-order valence-corrected chi connectivity index (χ1v) is 11.2. The van der Waals surface area contributed by atoms with Crippen LogP contribution in [-0.4, -0.2) is 31.1 Å². The van der Waals surface area contributed by atoms with E-state index in [1.54, 1.807) is 31.4 Å². The van der Waals surface area contributed by atoms with E-state index >= 15 is 0 Å². The van der Waals surface area contributed by atoms with Gasteiger partial charge < -0.3 is 15.0 Å². The summed E-state index contributed by atoms with van der Waals surface area (Å²) in [5, 5.41) is 2.99. The van der Waals surface area contributed by atoms with Gasteiger partial charge in [-0.25, -0.2) is 13.6 Å². The number of hydrogen-bond acceptors (Lipinski definition) is 2. The van der Waals surface area contributed by atoms with Crippen molar-refractivity contribution in [1.29, 1.82) is 0 Å². The molecule has 0 radical (unpaired) electrons. The van der Waals surface area contributed by atoms with Crippen LogP contribution in [0.5, 0.6) is 5.75 Å². The Labute approximate surface area is 193 Å². The van der Waals surface area contributed by atoms with Gasteiger partial charge in [-0.05, 0) is 71.8 Å². The first-order valence-electron chi connectivity index (χ1n) is 11.2. The fourth-order valence-corrected chi connectivity index (χ4v) is 4.55. The maximum Gasteiger partial charge on any atom is 0.317 e. The lowest BCUT2D eigenvalue weighted by molar-refractivity contribution is 0.166. The quantitative estimate of drug-likeness (QED) is 0.521. The second kappa shape index (κ2) is 10.5. The summed E-state index contributed by atoms with van der Waals surface area (Å²) in [6, 6.07) is 20.6. The van der Waals surface area contributed by atoms with E-state index in [1.807, 2.05) is 29.2 Å². The summed E-state index contributed by atoms with van der Waals surface area (Å²) < 4.78 is 32.2. The van der Waals surface area contributed by atoms with Crippen LogP contribution in [-0.2, 0) is 6.54 Å². The van der Waals surface area contributed by atoms with Gasteiger partial charge in [-0.1, -0.05) is 36.4 Å². The van der Waals surface area contributed by atoms with E-state index in [2.05, 4.69) is 5.32 Å². The lowest BCUT2D eigenvalue weighted by Crippen LogP contribution is -2.45. The zero-order chi connectivity index (χ0) is 23.2. The Balaban J connectivity index is 1.39. The van der Waals surface area contributed by atoms with E-state index in [0.717, 1.165) is 35.3 Å². The lowest BCUT2D eigenvalue weighted by atomic mass is 9.76. The summed E-state index contributed by atoms with van der Waals surface area (Å²) in [6.45, 7) is 1.73. The number of rotatable bonds is 6. The molecule has 3 aromatic carbocycles. The number of benzene rings is 3. The fraction of sp³-hybridized carbons (Fsp3) is 0.296. The van der Waals surface area contributed by atoms with Crippen LogP contribution in [0.15, 0.2) is 72.8 Å². The molecule has 0 bridgehead atoms. The highest BCUT2D eigenvalue weighted by atomic mass is 19.1. The molecular formula is C27H28F2N2O2. The fourth-order valence-electron chi connectivity index (χ4n) is 4.55. The second-order valence-corrected chi connectivity index (χ2v) is 8.41. The summed E-state index contributed by atoms with van der Waals surface area (Å²) in [4.78, 5) is 14.5. The number of hydrogen-bond donors (Lipinski definition) is 1. The zero-order valence-corrected chi connectivity index (χ0v) is 18.6. The van der Waals surface area contributed by atoms with Crippen molar-refractivity contribution in [2.24, 2.45) is 5.92 Å². The molecule has 1 heterocycles. The number of piperidine rings is 1. The third-order valence-electron chi connectivity index (χ3n) is 6.36. The third-order valence-corrected chi connectivity index (χ3v) is 6.36. The summed E-state index contributed by atoms with van der Waals surface area (Å²) in [7, 11) is 1.62. The monoisotopic (exact) mass is 450 g/mol. The van der Waals surface area contributed by atoms with Gasteiger partial charge >= 0.3 is 6.03 Å². The predicted octanol–water partition coefficient (Wildman–Crippen LogP) is 5.73. The van der Waals surface area contributed by atoms with Crippen LogP contribution in [0.3, 0.4) is 0 Å². The summed E-state index contributed by atoms with van der Waals surface area (Å²) in [6.07, 6.45) is 1.63. The minimum Gasteiger partial charge on any atom is -0.497 e. The molecule has 0 spiro atoms. The summed E-state index contributed by atoms with van der Waals surface area (Å²) in [5.41, 5.74) is 3.02. The van der Waals surface area contributed by atoms with Crippen molar-refractivity contribution in [3.8, 4) is 5.75 Å². The van der Waals surface area contributed by atoms with Crippen molar-refractivity contribution in [2.45, 2.75) is 25.3 Å². The lowest BCUT2D eigenvalue weighted by Gasteiger charge is -2.36. The highest BCUT2D eigenvalue weighted by Crippen LogP contribution is 2.38. The Morgan fingerprint density at radius 3 is 1.91 bits per heavy atom. The maximum absolute atomic E-state index is 13.5. The molecule has 1 N–H and O–H groups in total. The smallest absolute Gasteiger partial charge is 0.317 e. The molecule has 3 aromatic rings. The van der Waals surface area contributed by atoms with Crippen LogP contribution in [0, 0.1) is 17.6 Å². The number of nitrogens with zero attached hydrogens (tertiary/aromatic N) is 1. The third kappa shape index (κ3) is 5.69.